The fourth-order valence-electron chi connectivity index (χ4n) is 2.86. The van der Waals surface area contributed by atoms with E-state index in [0.29, 0.717) is 6.61 Å². The maximum Gasteiger partial charge on any atom is 0.124 e. The first-order valence-electron chi connectivity index (χ1n) is 7.49. The highest BCUT2D eigenvalue weighted by Gasteiger charge is 2.35. The third-order valence-electron chi connectivity index (χ3n) is 3.71. The van der Waals surface area contributed by atoms with Gasteiger partial charge in [0.05, 0.1) is 19.3 Å². The molecule has 0 bridgehead atoms. The molecule has 0 fully saturated rings. The van der Waals surface area contributed by atoms with Crippen LogP contribution in [0.25, 0.3) is 0 Å². The van der Waals surface area contributed by atoms with Crippen LogP contribution in [0.2, 0.25) is 0 Å². The quantitative estimate of drug-likeness (QED) is 0.624. The van der Waals surface area contributed by atoms with Crippen molar-refractivity contribution in [3.8, 4) is 5.75 Å². The molecular weight excluding hydrogens is 264 g/mol. The van der Waals surface area contributed by atoms with Crippen LogP contribution in [0.5, 0.6) is 5.75 Å². The van der Waals surface area contributed by atoms with Crippen molar-refractivity contribution in [3.05, 3.63) is 28.8 Å². The Bertz CT molecular complexity index is 467. The monoisotopic (exact) mass is 294 g/mol. The fourth-order valence-corrected chi connectivity index (χ4v) is 2.86. The maximum absolute atomic E-state index is 6.00. The minimum absolute atomic E-state index is 0.0462. The largest absolute Gasteiger partial charge is 0.496 e. The van der Waals surface area contributed by atoms with Gasteiger partial charge in [0.2, 0.25) is 0 Å². The van der Waals surface area contributed by atoms with Gasteiger partial charge in [0.1, 0.15) is 5.75 Å². The first-order valence-corrected chi connectivity index (χ1v) is 7.49. The van der Waals surface area contributed by atoms with Gasteiger partial charge >= 0.3 is 0 Å². The second-order valence-electron chi connectivity index (χ2n) is 6.58. The minimum Gasteiger partial charge on any atom is -0.496 e. The van der Waals surface area contributed by atoms with Gasteiger partial charge in [-0.25, -0.2) is 0 Å². The molecule has 2 atom stereocenters. The SMILES string of the molecule is CCOC(C(NN)c1c(C)cc(C)cc1OC)C(C)(C)C. The summed E-state index contributed by atoms with van der Waals surface area (Å²) < 4.78 is 11.6. The van der Waals surface area contributed by atoms with E-state index in [-0.39, 0.29) is 17.6 Å². The topological polar surface area (TPSA) is 56.5 Å². The Morgan fingerprint density at radius 3 is 2.29 bits per heavy atom. The summed E-state index contributed by atoms with van der Waals surface area (Å²) in [6, 6.07) is 4.06. The zero-order chi connectivity index (χ0) is 16.2. The standard InChI is InChI=1S/C17H30N2O2/c1-8-21-16(17(4,5)6)15(19-18)14-12(3)9-11(2)10-13(14)20-7/h9-10,15-16,19H,8,18H2,1-7H3. The van der Waals surface area contributed by atoms with Gasteiger partial charge in [-0.3, -0.25) is 11.3 Å². The molecule has 0 heterocycles. The molecule has 2 unspecified atom stereocenters. The summed E-state index contributed by atoms with van der Waals surface area (Å²) in [7, 11) is 1.69. The highest BCUT2D eigenvalue weighted by molar-refractivity contribution is 5.45. The van der Waals surface area contributed by atoms with Crippen molar-refractivity contribution in [3.63, 3.8) is 0 Å². The molecular formula is C17H30N2O2. The van der Waals surface area contributed by atoms with E-state index < -0.39 is 0 Å². The van der Waals surface area contributed by atoms with E-state index in [1.807, 2.05) is 13.0 Å². The number of ether oxygens (including phenoxy) is 2. The van der Waals surface area contributed by atoms with Crippen LogP contribution >= 0.6 is 0 Å². The smallest absolute Gasteiger partial charge is 0.124 e. The van der Waals surface area contributed by atoms with Crippen molar-refractivity contribution in [2.24, 2.45) is 11.3 Å². The Morgan fingerprint density at radius 1 is 1.24 bits per heavy atom. The lowest BCUT2D eigenvalue weighted by Crippen LogP contribution is -2.45. The van der Waals surface area contributed by atoms with Crippen LogP contribution in [-0.2, 0) is 4.74 Å². The number of methoxy groups -OCH3 is 1. The van der Waals surface area contributed by atoms with Crippen LogP contribution in [0.1, 0.15) is 50.4 Å². The zero-order valence-corrected chi connectivity index (χ0v) is 14.4. The number of nitrogens with one attached hydrogen (secondary N) is 1. The van der Waals surface area contributed by atoms with E-state index >= 15 is 0 Å². The lowest BCUT2D eigenvalue weighted by atomic mass is 9.80. The predicted octanol–water partition coefficient (Wildman–Crippen LogP) is 3.27. The molecule has 0 amide bonds. The van der Waals surface area contributed by atoms with E-state index in [1.165, 1.54) is 5.56 Å². The van der Waals surface area contributed by atoms with Crippen molar-refractivity contribution in [1.29, 1.82) is 0 Å². The molecule has 1 aromatic rings. The molecule has 1 rings (SSSR count). The third-order valence-corrected chi connectivity index (χ3v) is 3.71. The molecule has 21 heavy (non-hydrogen) atoms. The number of aryl methyl sites for hydroxylation is 2. The van der Waals surface area contributed by atoms with Gasteiger partial charge in [-0.2, -0.15) is 0 Å². The summed E-state index contributed by atoms with van der Waals surface area (Å²) in [5.74, 6) is 6.73. The number of hydrogen-bond acceptors (Lipinski definition) is 4. The number of hydrazine groups is 1. The zero-order valence-electron chi connectivity index (χ0n) is 14.4. The van der Waals surface area contributed by atoms with Gasteiger partial charge in [-0.1, -0.05) is 26.8 Å². The molecule has 4 nitrogen and oxygen atoms in total. The summed E-state index contributed by atoms with van der Waals surface area (Å²) in [6.45, 7) is 13.3. The first kappa shape index (κ1) is 18.0. The highest BCUT2D eigenvalue weighted by Crippen LogP contribution is 2.38. The molecule has 3 N–H and O–H groups in total. The second-order valence-corrected chi connectivity index (χ2v) is 6.58. The molecule has 0 aliphatic carbocycles. The van der Waals surface area contributed by atoms with Gasteiger partial charge in [-0.05, 0) is 43.4 Å². The Labute approximate surface area is 129 Å². The van der Waals surface area contributed by atoms with Gasteiger partial charge in [0, 0.05) is 12.2 Å². The average Bonchev–Trinajstić information content (AvgIpc) is 2.38. The molecule has 0 radical (unpaired) electrons. The van der Waals surface area contributed by atoms with Crippen molar-refractivity contribution in [2.45, 2.75) is 53.7 Å². The van der Waals surface area contributed by atoms with E-state index in [0.717, 1.165) is 16.9 Å². The molecule has 120 valence electrons. The summed E-state index contributed by atoms with van der Waals surface area (Å²) in [5.41, 5.74) is 6.29. The lowest BCUT2D eigenvalue weighted by Gasteiger charge is -2.37. The lowest BCUT2D eigenvalue weighted by molar-refractivity contribution is -0.0372. The van der Waals surface area contributed by atoms with Gasteiger partial charge < -0.3 is 9.47 Å². The van der Waals surface area contributed by atoms with Gasteiger partial charge in [0.25, 0.3) is 0 Å². The number of nitrogens with two attached hydrogens (primary N) is 1. The van der Waals surface area contributed by atoms with E-state index in [1.54, 1.807) is 7.11 Å². The Balaban J connectivity index is 3.38. The van der Waals surface area contributed by atoms with E-state index in [9.17, 15) is 0 Å². The third kappa shape index (κ3) is 4.19. The van der Waals surface area contributed by atoms with Crippen molar-refractivity contribution >= 4 is 0 Å². The summed E-state index contributed by atoms with van der Waals surface area (Å²) in [4.78, 5) is 0. The Kier molecular flexibility index (Phi) is 6.20. The summed E-state index contributed by atoms with van der Waals surface area (Å²) in [5, 5.41) is 0. The Morgan fingerprint density at radius 2 is 1.86 bits per heavy atom. The minimum atomic E-state index is -0.125. The van der Waals surface area contributed by atoms with Crippen molar-refractivity contribution in [1.82, 2.24) is 5.43 Å². The molecule has 0 spiro atoms. The first-order chi connectivity index (χ1) is 9.76. The van der Waals surface area contributed by atoms with Crippen LogP contribution in [-0.4, -0.2) is 19.8 Å². The molecule has 0 saturated heterocycles. The summed E-state index contributed by atoms with van der Waals surface area (Å²) in [6.07, 6.45) is -0.0530. The highest BCUT2D eigenvalue weighted by atomic mass is 16.5. The molecule has 0 aliphatic rings. The molecule has 0 aromatic heterocycles. The molecule has 0 saturated carbocycles. The fraction of sp³-hybridized carbons (Fsp3) is 0.647. The molecule has 4 heteroatoms. The second kappa shape index (κ2) is 7.25. The number of rotatable bonds is 6. The van der Waals surface area contributed by atoms with Crippen LogP contribution < -0.4 is 16.0 Å². The van der Waals surface area contributed by atoms with Gasteiger partial charge in [-0.15, -0.1) is 0 Å². The predicted molar refractivity (Wildman–Crippen MR) is 87.4 cm³/mol. The molecule has 1 aromatic carbocycles. The summed E-state index contributed by atoms with van der Waals surface area (Å²) >= 11 is 0. The Hall–Kier alpha value is -1.10. The van der Waals surface area contributed by atoms with E-state index in [2.05, 4.69) is 46.1 Å². The normalized spacial score (nSPS) is 14.9. The number of hydrogen-bond donors (Lipinski definition) is 2. The van der Waals surface area contributed by atoms with Crippen LogP contribution in [0.3, 0.4) is 0 Å². The van der Waals surface area contributed by atoms with Crippen LogP contribution in [0.15, 0.2) is 12.1 Å². The maximum atomic E-state index is 6.00. The molecule has 0 aliphatic heterocycles. The van der Waals surface area contributed by atoms with Crippen LogP contribution in [0, 0.1) is 19.3 Å². The van der Waals surface area contributed by atoms with Gasteiger partial charge in [0.15, 0.2) is 0 Å². The van der Waals surface area contributed by atoms with Crippen molar-refractivity contribution < 1.29 is 9.47 Å². The van der Waals surface area contributed by atoms with E-state index in [4.69, 9.17) is 15.3 Å². The van der Waals surface area contributed by atoms with Crippen LogP contribution in [0.4, 0.5) is 0 Å². The van der Waals surface area contributed by atoms with Crippen molar-refractivity contribution in [2.75, 3.05) is 13.7 Å². The average molecular weight is 294 g/mol. The number of benzene rings is 1.